The van der Waals surface area contributed by atoms with Crippen LogP contribution in [0.2, 0.25) is 0 Å². The third-order valence-corrected chi connectivity index (χ3v) is 2.93. The van der Waals surface area contributed by atoms with Gasteiger partial charge in [-0.3, -0.25) is 0 Å². The van der Waals surface area contributed by atoms with Crippen molar-refractivity contribution in [3.05, 3.63) is 23.8 Å². The third kappa shape index (κ3) is 3.85. The summed E-state index contributed by atoms with van der Waals surface area (Å²) in [5, 5.41) is 3.38. The summed E-state index contributed by atoms with van der Waals surface area (Å²) in [6, 6.07) is 5.82. The van der Waals surface area contributed by atoms with Crippen LogP contribution in [0.1, 0.15) is 18.9 Å². The average Bonchev–Trinajstić information content (AvgIpc) is 2.37. The van der Waals surface area contributed by atoms with E-state index in [0.29, 0.717) is 11.6 Å². The molecule has 1 aromatic carbocycles. The highest BCUT2D eigenvalue weighted by molar-refractivity contribution is 7.80. The predicted molar refractivity (Wildman–Crippen MR) is 78.5 cm³/mol. The second-order valence-corrected chi connectivity index (χ2v) is 4.42. The smallest absolute Gasteiger partial charge is 0.120 e. The Morgan fingerprint density at radius 3 is 2.67 bits per heavy atom. The number of thiocarbonyl (C=S) groups is 1. The summed E-state index contributed by atoms with van der Waals surface area (Å²) >= 11 is 5.05. The summed E-state index contributed by atoms with van der Waals surface area (Å²) < 4.78 is 10.4. The minimum absolute atomic E-state index is 0.218. The van der Waals surface area contributed by atoms with E-state index in [0.717, 1.165) is 23.4 Å². The number of ether oxygens (including phenoxy) is 2. The minimum Gasteiger partial charge on any atom is -0.497 e. The number of anilines is 1. The van der Waals surface area contributed by atoms with Crippen molar-refractivity contribution in [3.8, 4) is 5.75 Å². The molecule has 1 aromatic rings. The molecule has 0 amide bonds. The zero-order chi connectivity index (χ0) is 13.5. The first-order valence-electron chi connectivity index (χ1n) is 5.85. The van der Waals surface area contributed by atoms with Crippen molar-refractivity contribution in [3.63, 3.8) is 0 Å². The van der Waals surface area contributed by atoms with E-state index in [2.05, 4.69) is 12.2 Å². The van der Waals surface area contributed by atoms with Crippen LogP contribution in [0.5, 0.6) is 5.75 Å². The number of hydrogen-bond acceptors (Lipinski definition) is 4. The van der Waals surface area contributed by atoms with Crippen LogP contribution in [0.25, 0.3) is 0 Å². The molecule has 18 heavy (non-hydrogen) atoms. The first-order chi connectivity index (χ1) is 8.62. The SMILES string of the molecule is CCC(COC)Nc1cc(OC)ccc1C(N)=S. The van der Waals surface area contributed by atoms with Gasteiger partial charge in [0, 0.05) is 30.5 Å². The van der Waals surface area contributed by atoms with Gasteiger partial charge in [-0.2, -0.15) is 0 Å². The van der Waals surface area contributed by atoms with E-state index in [1.54, 1.807) is 14.2 Å². The topological polar surface area (TPSA) is 56.5 Å². The van der Waals surface area contributed by atoms with Crippen molar-refractivity contribution in [1.29, 1.82) is 0 Å². The molecule has 0 radical (unpaired) electrons. The number of nitrogens with two attached hydrogens (primary N) is 1. The second-order valence-electron chi connectivity index (χ2n) is 3.98. The Kier molecular flexibility index (Phi) is 5.88. The fourth-order valence-corrected chi connectivity index (χ4v) is 1.85. The molecule has 0 aliphatic heterocycles. The summed E-state index contributed by atoms with van der Waals surface area (Å²) in [7, 11) is 3.32. The van der Waals surface area contributed by atoms with Gasteiger partial charge in [-0.05, 0) is 18.6 Å². The van der Waals surface area contributed by atoms with Gasteiger partial charge in [0.2, 0.25) is 0 Å². The van der Waals surface area contributed by atoms with E-state index >= 15 is 0 Å². The third-order valence-electron chi connectivity index (χ3n) is 2.71. The quantitative estimate of drug-likeness (QED) is 0.742. The Labute approximate surface area is 113 Å². The molecule has 1 atom stereocenters. The van der Waals surface area contributed by atoms with E-state index < -0.39 is 0 Å². The normalized spacial score (nSPS) is 11.9. The molecule has 0 saturated carbocycles. The highest BCUT2D eigenvalue weighted by Crippen LogP contribution is 2.23. The highest BCUT2D eigenvalue weighted by atomic mass is 32.1. The lowest BCUT2D eigenvalue weighted by atomic mass is 10.1. The Hall–Kier alpha value is -1.33. The molecule has 0 aliphatic carbocycles. The number of hydrogen-bond donors (Lipinski definition) is 2. The summed E-state index contributed by atoms with van der Waals surface area (Å²) in [6.07, 6.45) is 0.946. The molecule has 1 unspecified atom stereocenters. The molecule has 0 fully saturated rings. The van der Waals surface area contributed by atoms with Crippen molar-refractivity contribution in [1.82, 2.24) is 0 Å². The van der Waals surface area contributed by atoms with Gasteiger partial charge in [0.05, 0.1) is 13.7 Å². The van der Waals surface area contributed by atoms with E-state index in [-0.39, 0.29) is 6.04 Å². The zero-order valence-electron chi connectivity index (χ0n) is 11.0. The maximum absolute atomic E-state index is 5.72. The van der Waals surface area contributed by atoms with E-state index in [1.807, 2.05) is 18.2 Å². The van der Waals surface area contributed by atoms with Gasteiger partial charge in [-0.25, -0.2) is 0 Å². The molecule has 1 rings (SSSR count). The number of benzene rings is 1. The molecule has 4 nitrogen and oxygen atoms in total. The van der Waals surface area contributed by atoms with Crippen LogP contribution in [0.4, 0.5) is 5.69 Å². The number of nitrogens with one attached hydrogen (secondary N) is 1. The summed E-state index contributed by atoms with van der Waals surface area (Å²) in [5.74, 6) is 0.768. The molecule has 0 aromatic heterocycles. The van der Waals surface area contributed by atoms with Gasteiger partial charge in [0.15, 0.2) is 0 Å². The van der Waals surface area contributed by atoms with Gasteiger partial charge in [0.1, 0.15) is 10.7 Å². The number of methoxy groups -OCH3 is 2. The van der Waals surface area contributed by atoms with Gasteiger partial charge >= 0.3 is 0 Å². The molecule has 0 saturated heterocycles. The van der Waals surface area contributed by atoms with Crippen molar-refractivity contribution in [2.24, 2.45) is 5.73 Å². The van der Waals surface area contributed by atoms with Gasteiger partial charge in [0.25, 0.3) is 0 Å². The van der Waals surface area contributed by atoms with Crippen molar-refractivity contribution < 1.29 is 9.47 Å². The Morgan fingerprint density at radius 2 is 2.17 bits per heavy atom. The first-order valence-corrected chi connectivity index (χ1v) is 6.26. The average molecular weight is 268 g/mol. The van der Waals surface area contributed by atoms with Crippen LogP contribution in [-0.2, 0) is 4.74 Å². The fourth-order valence-electron chi connectivity index (χ4n) is 1.67. The van der Waals surface area contributed by atoms with Crippen molar-refractivity contribution in [2.45, 2.75) is 19.4 Å². The molecule has 0 aliphatic rings. The Bertz CT molecular complexity index is 410. The van der Waals surface area contributed by atoms with E-state index in [4.69, 9.17) is 27.4 Å². The van der Waals surface area contributed by atoms with Crippen LogP contribution in [0.3, 0.4) is 0 Å². The highest BCUT2D eigenvalue weighted by Gasteiger charge is 2.11. The van der Waals surface area contributed by atoms with Crippen LogP contribution in [0, 0.1) is 0 Å². The lowest BCUT2D eigenvalue weighted by Gasteiger charge is -2.20. The van der Waals surface area contributed by atoms with Gasteiger partial charge < -0.3 is 20.5 Å². The molecular formula is C13H20N2O2S. The Morgan fingerprint density at radius 1 is 1.44 bits per heavy atom. The Balaban J connectivity index is 2.99. The standard InChI is InChI=1S/C13H20N2O2S/c1-4-9(8-16-2)15-12-7-10(17-3)5-6-11(12)13(14)18/h5-7,9,15H,4,8H2,1-3H3,(H2,14,18). The van der Waals surface area contributed by atoms with Crippen LogP contribution >= 0.6 is 12.2 Å². The van der Waals surface area contributed by atoms with Gasteiger partial charge in [-0.1, -0.05) is 19.1 Å². The zero-order valence-corrected chi connectivity index (χ0v) is 11.8. The van der Waals surface area contributed by atoms with Gasteiger partial charge in [-0.15, -0.1) is 0 Å². The van der Waals surface area contributed by atoms with E-state index in [9.17, 15) is 0 Å². The van der Waals surface area contributed by atoms with Crippen LogP contribution in [-0.4, -0.2) is 31.9 Å². The lowest BCUT2D eigenvalue weighted by Crippen LogP contribution is -2.25. The molecule has 0 heterocycles. The second kappa shape index (κ2) is 7.18. The summed E-state index contributed by atoms with van der Waals surface area (Å²) in [5.41, 5.74) is 7.42. The molecule has 100 valence electrons. The molecule has 0 spiro atoms. The minimum atomic E-state index is 0.218. The monoisotopic (exact) mass is 268 g/mol. The van der Waals surface area contributed by atoms with Crippen molar-refractivity contribution in [2.75, 3.05) is 26.1 Å². The maximum atomic E-state index is 5.72. The predicted octanol–water partition coefficient (Wildman–Crippen LogP) is 2.17. The number of rotatable bonds is 7. The van der Waals surface area contributed by atoms with E-state index in [1.165, 1.54) is 0 Å². The molecular weight excluding hydrogens is 248 g/mol. The van der Waals surface area contributed by atoms with Crippen LogP contribution < -0.4 is 15.8 Å². The summed E-state index contributed by atoms with van der Waals surface area (Å²) in [6.45, 7) is 2.72. The maximum Gasteiger partial charge on any atom is 0.120 e. The molecule has 5 heteroatoms. The first kappa shape index (κ1) is 14.7. The molecule has 0 bridgehead atoms. The van der Waals surface area contributed by atoms with Crippen molar-refractivity contribution >= 4 is 22.9 Å². The van der Waals surface area contributed by atoms with Crippen LogP contribution in [0.15, 0.2) is 18.2 Å². The lowest BCUT2D eigenvalue weighted by molar-refractivity contribution is 0.184. The summed E-state index contributed by atoms with van der Waals surface area (Å²) in [4.78, 5) is 0.368. The fraction of sp³-hybridized carbons (Fsp3) is 0.462. The molecule has 3 N–H and O–H groups in total. The largest absolute Gasteiger partial charge is 0.497 e.